The zero-order chi connectivity index (χ0) is 22.7. The van der Waals surface area contributed by atoms with Crippen molar-refractivity contribution in [1.29, 1.82) is 0 Å². The van der Waals surface area contributed by atoms with E-state index in [-0.39, 0.29) is 17.0 Å². The second-order valence-electron chi connectivity index (χ2n) is 8.84. The van der Waals surface area contributed by atoms with Crippen molar-refractivity contribution in [3.05, 3.63) is 69.2 Å². The van der Waals surface area contributed by atoms with Crippen LogP contribution in [-0.4, -0.2) is 32.6 Å². The lowest BCUT2D eigenvalue weighted by molar-refractivity contribution is 0.0941. The van der Waals surface area contributed by atoms with Gasteiger partial charge in [-0.25, -0.2) is 0 Å². The minimum absolute atomic E-state index is 0.197. The lowest BCUT2D eigenvalue weighted by Crippen LogP contribution is -2.34. The molecule has 0 aromatic carbocycles. The van der Waals surface area contributed by atoms with E-state index >= 15 is 0 Å². The SMILES string of the molecule is CCc1[nH]c(=O)c(C(=O)NCC2CCC(c3[nH]ncc3-c3ccncc3C)CC2)cc1C. The first-order valence-corrected chi connectivity index (χ1v) is 11.4. The number of pyridine rings is 2. The van der Waals surface area contributed by atoms with E-state index in [1.807, 2.05) is 38.5 Å². The summed E-state index contributed by atoms with van der Waals surface area (Å²) in [6.07, 6.45) is 10.5. The number of aromatic amines is 2. The molecular formula is C25H31N5O2. The van der Waals surface area contributed by atoms with Crippen LogP contribution in [-0.2, 0) is 6.42 Å². The quantitative estimate of drug-likeness (QED) is 0.546. The van der Waals surface area contributed by atoms with Gasteiger partial charge in [-0.2, -0.15) is 5.10 Å². The predicted octanol–water partition coefficient (Wildman–Crippen LogP) is 4.04. The Morgan fingerprint density at radius 2 is 1.91 bits per heavy atom. The van der Waals surface area contributed by atoms with E-state index in [0.717, 1.165) is 54.5 Å². The standard InChI is InChI=1S/C25H31N5O2/c1-4-22-15(2)11-20(25(32)29-22)24(31)27-13-17-5-7-18(8-6-17)23-21(14-28-30-23)19-9-10-26-12-16(19)3/h9-12,14,17-18H,4-8,13H2,1-3H3,(H,27,31)(H,28,30)(H,29,32). The number of rotatable bonds is 6. The van der Waals surface area contributed by atoms with E-state index in [4.69, 9.17) is 0 Å². The molecule has 4 rings (SSSR count). The van der Waals surface area contributed by atoms with Gasteiger partial charge in [0.2, 0.25) is 0 Å². The molecule has 0 spiro atoms. The molecule has 1 saturated carbocycles. The van der Waals surface area contributed by atoms with Crippen molar-refractivity contribution in [3.8, 4) is 11.1 Å². The summed E-state index contributed by atoms with van der Waals surface area (Å²) in [6, 6.07) is 3.74. The Morgan fingerprint density at radius 1 is 1.12 bits per heavy atom. The molecular weight excluding hydrogens is 402 g/mol. The van der Waals surface area contributed by atoms with Crippen LogP contribution in [0, 0.1) is 19.8 Å². The van der Waals surface area contributed by atoms with Crippen LogP contribution in [0.15, 0.2) is 35.5 Å². The van der Waals surface area contributed by atoms with Crippen LogP contribution in [0.3, 0.4) is 0 Å². The van der Waals surface area contributed by atoms with Crippen molar-refractivity contribution < 1.29 is 4.79 Å². The topological polar surface area (TPSA) is 104 Å². The Morgan fingerprint density at radius 3 is 2.62 bits per heavy atom. The number of hydrogen-bond acceptors (Lipinski definition) is 4. The monoisotopic (exact) mass is 433 g/mol. The van der Waals surface area contributed by atoms with E-state index in [1.54, 1.807) is 6.07 Å². The Hall–Kier alpha value is -3.22. The summed E-state index contributed by atoms with van der Waals surface area (Å²) in [5, 5.41) is 10.5. The first kappa shape index (κ1) is 22.0. The molecule has 0 atom stereocenters. The third-order valence-corrected chi connectivity index (χ3v) is 6.73. The molecule has 0 bridgehead atoms. The molecule has 1 fully saturated rings. The average molecular weight is 434 g/mol. The van der Waals surface area contributed by atoms with Crippen LogP contribution in [0.1, 0.15) is 71.4 Å². The van der Waals surface area contributed by atoms with Crippen LogP contribution in [0.5, 0.6) is 0 Å². The summed E-state index contributed by atoms with van der Waals surface area (Å²) in [5.41, 5.74) is 6.38. The van der Waals surface area contributed by atoms with Gasteiger partial charge in [0.1, 0.15) is 5.56 Å². The lowest BCUT2D eigenvalue weighted by atomic mass is 9.79. The van der Waals surface area contributed by atoms with Crippen molar-refractivity contribution >= 4 is 5.91 Å². The molecule has 7 nitrogen and oxygen atoms in total. The number of amides is 1. The highest BCUT2D eigenvalue weighted by atomic mass is 16.2. The third-order valence-electron chi connectivity index (χ3n) is 6.73. The number of H-pyrrole nitrogens is 2. The first-order valence-electron chi connectivity index (χ1n) is 11.4. The maximum absolute atomic E-state index is 12.6. The predicted molar refractivity (Wildman–Crippen MR) is 125 cm³/mol. The fourth-order valence-corrected chi connectivity index (χ4v) is 4.79. The molecule has 0 unspecified atom stereocenters. The highest BCUT2D eigenvalue weighted by Gasteiger charge is 2.26. The highest BCUT2D eigenvalue weighted by Crippen LogP contribution is 2.39. The van der Waals surface area contributed by atoms with Gasteiger partial charge in [0.15, 0.2) is 0 Å². The molecule has 3 aromatic heterocycles. The van der Waals surface area contributed by atoms with Gasteiger partial charge in [0.25, 0.3) is 11.5 Å². The van der Waals surface area contributed by atoms with Crippen LogP contribution in [0.4, 0.5) is 0 Å². The van der Waals surface area contributed by atoms with Crippen LogP contribution in [0.25, 0.3) is 11.1 Å². The summed E-state index contributed by atoms with van der Waals surface area (Å²) in [6.45, 7) is 6.57. The van der Waals surface area contributed by atoms with E-state index in [1.165, 1.54) is 11.3 Å². The van der Waals surface area contributed by atoms with E-state index < -0.39 is 0 Å². The number of carbonyl (C=O) groups excluding carboxylic acids is 1. The van der Waals surface area contributed by atoms with Gasteiger partial charge >= 0.3 is 0 Å². The number of nitrogens with zero attached hydrogens (tertiary/aromatic N) is 2. The van der Waals surface area contributed by atoms with Gasteiger partial charge in [0, 0.05) is 41.8 Å². The number of aryl methyl sites for hydroxylation is 3. The molecule has 0 aliphatic heterocycles. The van der Waals surface area contributed by atoms with Crippen molar-refractivity contribution in [1.82, 2.24) is 25.5 Å². The highest BCUT2D eigenvalue weighted by molar-refractivity contribution is 5.94. The Labute approximate surface area is 188 Å². The van der Waals surface area contributed by atoms with Gasteiger partial charge in [-0.15, -0.1) is 0 Å². The molecule has 3 heterocycles. The van der Waals surface area contributed by atoms with Gasteiger partial charge in [-0.05, 0) is 80.7 Å². The zero-order valence-corrected chi connectivity index (χ0v) is 19.0. The lowest BCUT2D eigenvalue weighted by Gasteiger charge is -2.28. The zero-order valence-electron chi connectivity index (χ0n) is 19.0. The van der Waals surface area contributed by atoms with Crippen LogP contribution >= 0.6 is 0 Å². The van der Waals surface area contributed by atoms with Gasteiger partial charge in [-0.3, -0.25) is 19.7 Å². The molecule has 7 heteroatoms. The minimum Gasteiger partial charge on any atom is -0.352 e. The van der Waals surface area contributed by atoms with Gasteiger partial charge in [-0.1, -0.05) is 6.92 Å². The molecule has 3 aromatic rings. The maximum atomic E-state index is 12.6. The summed E-state index contributed by atoms with van der Waals surface area (Å²) < 4.78 is 0. The van der Waals surface area contributed by atoms with Crippen molar-refractivity contribution in [3.63, 3.8) is 0 Å². The smallest absolute Gasteiger partial charge is 0.261 e. The largest absolute Gasteiger partial charge is 0.352 e. The van der Waals surface area contributed by atoms with Crippen LogP contribution < -0.4 is 10.9 Å². The molecule has 1 aliphatic carbocycles. The summed E-state index contributed by atoms with van der Waals surface area (Å²) in [4.78, 5) is 31.9. The van der Waals surface area contributed by atoms with Crippen molar-refractivity contribution in [2.24, 2.45) is 5.92 Å². The minimum atomic E-state index is -0.313. The molecule has 0 saturated heterocycles. The van der Waals surface area contributed by atoms with E-state index in [9.17, 15) is 9.59 Å². The fraction of sp³-hybridized carbons (Fsp3) is 0.440. The van der Waals surface area contributed by atoms with E-state index in [0.29, 0.717) is 18.4 Å². The molecule has 0 radical (unpaired) electrons. The Bertz CT molecular complexity index is 1160. The van der Waals surface area contributed by atoms with Gasteiger partial charge < -0.3 is 10.3 Å². The maximum Gasteiger partial charge on any atom is 0.261 e. The van der Waals surface area contributed by atoms with Gasteiger partial charge in [0.05, 0.1) is 6.20 Å². The number of carbonyl (C=O) groups is 1. The normalized spacial score (nSPS) is 18.5. The number of nitrogens with one attached hydrogen (secondary N) is 3. The van der Waals surface area contributed by atoms with Crippen molar-refractivity contribution in [2.45, 2.75) is 58.8 Å². The average Bonchev–Trinajstić information content (AvgIpc) is 3.29. The summed E-state index contributed by atoms with van der Waals surface area (Å²) in [5.74, 6) is 0.557. The molecule has 168 valence electrons. The third kappa shape index (κ3) is 4.52. The fourth-order valence-electron chi connectivity index (χ4n) is 4.79. The van der Waals surface area contributed by atoms with E-state index in [2.05, 4.69) is 32.4 Å². The Balaban J connectivity index is 1.35. The summed E-state index contributed by atoms with van der Waals surface area (Å²) >= 11 is 0. The van der Waals surface area contributed by atoms with Crippen LogP contribution in [0.2, 0.25) is 0 Å². The second-order valence-corrected chi connectivity index (χ2v) is 8.84. The molecule has 3 N–H and O–H groups in total. The number of hydrogen-bond donors (Lipinski definition) is 3. The van der Waals surface area contributed by atoms with Crippen molar-refractivity contribution in [2.75, 3.05) is 6.54 Å². The summed E-state index contributed by atoms with van der Waals surface area (Å²) in [7, 11) is 0. The molecule has 1 amide bonds. The Kier molecular flexibility index (Phi) is 6.53. The first-order chi connectivity index (χ1) is 15.5. The molecule has 1 aliphatic rings. The number of aromatic nitrogens is 4. The second kappa shape index (κ2) is 9.51. The molecule has 32 heavy (non-hydrogen) atoms.